The van der Waals surface area contributed by atoms with E-state index in [1.165, 1.54) is 0 Å². The van der Waals surface area contributed by atoms with Gasteiger partial charge in [-0.15, -0.1) is 0 Å². The number of hydrogen-bond acceptors (Lipinski definition) is 2. The van der Waals surface area contributed by atoms with Crippen molar-refractivity contribution in [3.8, 4) is 0 Å². The molecule has 3 heteroatoms. The molecule has 90 valence electrons. The van der Waals surface area contributed by atoms with Crippen molar-refractivity contribution in [3.05, 3.63) is 33.7 Å². The van der Waals surface area contributed by atoms with E-state index in [2.05, 4.69) is 13.8 Å². The minimum atomic E-state index is 0.0781. The second-order valence-corrected chi connectivity index (χ2v) is 4.30. The molecule has 0 saturated heterocycles. The van der Waals surface area contributed by atoms with E-state index in [0.717, 1.165) is 25.1 Å². The molecule has 3 nitrogen and oxygen atoms in total. The molecule has 1 aromatic heterocycles. The van der Waals surface area contributed by atoms with Gasteiger partial charge in [-0.05, 0) is 18.9 Å². The van der Waals surface area contributed by atoms with Crippen LogP contribution in [0, 0.1) is 12.8 Å². The Bertz CT molecular complexity index is 391. The van der Waals surface area contributed by atoms with E-state index in [1.807, 2.05) is 23.6 Å². The van der Waals surface area contributed by atoms with E-state index in [4.69, 9.17) is 5.73 Å². The lowest BCUT2D eigenvalue weighted by Crippen LogP contribution is -2.29. The lowest BCUT2D eigenvalue weighted by atomic mass is 10.0. The highest BCUT2D eigenvalue weighted by molar-refractivity contribution is 5.15. The van der Waals surface area contributed by atoms with Gasteiger partial charge < -0.3 is 10.3 Å². The Morgan fingerprint density at radius 3 is 2.44 bits per heavy atom. The first-order valence-corrected chi connectivity index (χ1v) is 6.03. The number of pyridine rings is 1. The van der Waals surface area contributed by atoms with E-state index < -0.39 is 0 Å². The Hall–Kier alpha value is -1.09. The molecule has 0 aliphatic heterocycles. The summed E-state index contributed by atoms with van der Waals surface area (Å²) >= 11 is 0. The quantitative estimate of drug-likeness (QED) is 0.829. The van der Waals surface area contributed by atoms with Crippen molar-refractivity contribution in [2.75, 3.05) is 0 Å². The third-order valence-corrected chi connectivity index (χ3v) is 3.29. The van der Waals surface area contributed by atoms with Gasteiger partial charge in [0.25, 0.3) is 5.56 Å². The minimum Gasteiger partial charge on any atom is -0.326 e. The zero-order valence-corrected chi connectivity index (χ0v) is 10.5. The molecule has 0 unspecified atom stereocenters. The first kappa shape index (κ1) is 13.0. The Kier molecular flexibility index (Phi) is 4.74. The summed E-state index contributed by atoms with van der Waals surface area (Å²) in [5.41, 5.74) is 7.36. The zero-order valence-electron chi connectivity index (χ0n) is 10.5. The molecule has 0 aliphatic rings. The zero-order chi connectivity index (χ0) is 12.1. The Morgan fingerprint density at radius 1 is 1.31 bits per heavy atom. The standard InChI is InChI=1S/C13H22N2O/c1-4-11(5-2)9-15-10(3)6-7-12(8-14)13(15)16/h6-7,11H,4-5,8-9,14H2,1-3H3. The number of aromatic nitrogens is 1. The van der Waals surface area contributed by atoms with E-state index in [0.29, 0.717) is 18.0 Å². The van der Waals surface area contributed by atoms with Crippen molar-refractivity contribution < 1.29 is 0 Å². The fourth-order valence-corrected chi connectivity index (χ4v) is 1.90. The molecule has 0 fully saturated rings. The highest BCUT2D eigenvalue weighted by Crippen LogP contribution is 2.11. The molecule has 0 radical (unpaired) electrons. The van der Waals surface area contributed by atoms with Crippen LogP contribution < -0.4 is 11.3 Å². The van der Waals surface area contributed by atoms with Crippen molar-refractivity contribution in [2.24, 2.45) is 11.7 Å². The SMILES string of the molecule is CCC(CC)Cn1c(C)ccc(CN)c1=O. The molecule has 0 bridgehead atoms. The molecular formula is C13H22N2O. The highest BCUT2D eigenvalue weighted by atomic mass is 16.1. The molecule has 1 heterocycles. The number of rotatable bonds is 5. The van der Waals surface area contributed by atoms with Gasteiger partial charge >= 0.3 is 0 Å². The summed E-state index contributed by atoms with van der Waals surface area (Å²) < 4.78 is 1.86. The van der Waals surface area contributed by atoms with Crippen LogP contribution in [-0.2, 0) is 13.1 Å². The maximum atomic E-state index is 12.1. The molecule has 0 saturated carbocycles. The predicted molar refractivity (Wildman–Crippen MR) is 67.4 cm³/mol. The van der Waals surface area contributed by atoms with Crippen molar-refractivity contribution in [2.45, 2.75) is 46.7 Å². The van der Waals surface area contributed by atoms with Gasteiger partial charge in [-0.2, -0.15) is 0 Å². The molecule has 0 atom stereocenters. The molecule has 0 amide bonds. The van der Waals surface area contributed by atoms with Gasteiger partial charge in [-0.1, -0.05) is 32.8 Å². The second-order valence-electron chi connectivity index (χ2n) is 4.30. The van der Waals surface area contributed by atoms with Crippen LogP contribution in [0.15, 0.2) is 16.9 Å². The van der Waals surface area contributed by atoms with E-state index in [-0.39, 0.29) is 5.56 Å². The summed E-state index contributed by atoms with van der Waals surface area (Å²) in [4.78, 5) is 12.1. The summed E-state index contributed by atoms with van der Waals surface area (Å²) in [6.45, 7) is 7.44. The van der Waals surface area contributed by atoms with E-state index >= 15 is 0 Å². The molecule has 1 rings (SSSR count). The fourth-order valence-electron chi connectivity index (χ4n) is 1.90. The largest absolute Gasteiger partial charge is 0.326 e. The average molecular weight is 222 g/mol. The maximum Gasteiger partial charge on any atom is 0.255 e. The highest BCUT2D eigenvalue weighted by Gasteiger charge is 2.09. The lowest BCUT2D eigenvalue weighted by Gasteiger charge is -2.17. The van der Waals surface area contributed by atoms with Crippen LogP contribution in [0.3, 0.4) is 0 Å². The topological polar surface area (TPSA) is 48.0 Å². The van der Waals surface area contributed by atoms with Crippen LogP contribution in [-0.4, -0.2) is 4.57 Å². The van der Waals surface area contributed by atoms with Gasteiger partial charge in [0, 0.05) is 24.3 Å². The van der Waals surface area contributed by atoms with Crippen molar-refractivity contribution in [3.63, 3.8) is 0 Å². The number of nitrogens with two attached hydrogens (primary N) is 1. The molecular weight excluding hydrogens is 200 g/mol. The van der Waals surface area contributed by atoms with Gasteiger partial charge in [0.2, 0.25) is 0 Å². The smallest absolute Gasteiger partial charge is 0.255 e. The monoisotopic (exact) mass is 222 g/mol. The first-order chi connectivity index (χ1) is 7.63. The average Bonchev–Trinajstić information content (AvgIpc) is 2.30. The van der Waals surface area contributed by atoms with Gasteiger partial charge in [0.1, 0.15) is 0 Å². The Balaban J connectivity index is 3.07. The van der Waals surface area contributed by atoms with Gasteiger partial charge in [0.05, 0.1) is 0 Å². The summed E-state index contributed by atoms with van der Waals surface area (Å²) in [5.74, 6) is 0.574. The van der Waals surface area contributed by atoms with Crippen LogP contribution in [0.4, 0.5) is 0 Å². The Morgan fingerprint density at radius 2 is 1.94 bits per heavy atom. The molecule has 2 N–H and O–H groups in total. The van der Waals surface area contributed by atoms with Crippen molar-refractivity contribution in [1.82, 2.24) is 4.57 Å². The van der Waals surface area contributed by atoms with Crippen molar-refractivity contribution in [1.29, 1.82) is 0 Å². The first-order valence-electron chi connectivity index (χ1n) is 6.03. The third kappa shape index (κ3) is 2.73. The second kappa shape index (κ2) is 5.85. The van der Waals surface area contributed by atoms with Crippen molar-refractivity contribution >= 4 is 0 Å². The molecule has 0 aliphatic carbocycles. The van der Waals surface area contributed by atoms with Crippen LogP contribution in [0.25, 0.3) is 0 Å². The van der Waals surface area contributed by atoms with Gasteiger partial charge in [0.15, 0.2) is 0 Å². The van der Waals surface area contributed by atoms with Gasteiger partial charge in [-0.3, -0.25) is 4.79 Å². The molecule has 0 aromatic carbocycles. The number of hydrogen-bond donors (Lipinski definition) is 1. The molecule has 16 heavy (non-hydrogen) atoms. The van der Waals surface area contributed by atoms with Gasteiger partial charge in [-0.25, -0.2) is 0 Å². The predicted octanol–water partition coefficient (Wildman–Crippen LogP) is 2.05. The van der Waals surface area contributed by atoms with Crippen LogP contribution >= 0.6 is 0 Å². The molecule has 1 aromatic rings. The number of aryl methyl sites for hydroxylation is 1. The van der Waals surface area contributed by atoms with Crippen LogP contribution in [0.2, 0.25) is 0 Å². The number of nitrogens with zero attached hydrogens (tertiary/aromatic N) is 1. The van der Waals surface area contributed by atoms with E-state index in [1.54, 1.807) is 0 Å². The van der Waals surface area contributed by atoms with Crippen LogP contribution in [0.1, 0.15) is 37.9 Å². The Labute approximate surface area is 97.3 Å². The summed E-state index contributed by atoms with van der Waals surface area (Å²) in [5, 5.41) is 0. The summed E-state index contributed by atoms with van der Waals surface area (Å²) in [6, 6.07) is 3.81. The normalized spacial score (nSPS) is 11.1. The summed E-state index contributed by atoms with van der Waals surface area (Å²) in [7, 11) is 0. The molecule has 0 spiro atoms. The maximum absolute atomic E-state index is 12.1. The fraction of sp³-hybridized carbons (Fsp3) is 0.615. The van der Waals surface area contributed by atoms with Crippen LogP contribution in [0.5, 0.6) is 0 Å². The lowest BCUT2D eigenvalue weighted by molar-refractivity contribution is 0.406. The summed E-state index contributed by atoms with van der Waals surface area (Å²) in [6.07, 6.45) is 2.21. The third-order valence-electron chi connectivity index (χ3n) is 3.29. The minimum absolute atomic E-state index is 0.0781. The van der Waals surface area contributed by atoms with E-state index in [9.17, 15) is 4.79 Å².